The summed E-state index contributed by atoms with van der Waals surface area (Å²) >= 11 is 0. The van der Waals surface area contributed by atoms with Gasteiger partial charge in [-0.2, -0.15) is 0 Å². The Morgan fingerprint density at radius 1 is 1.00 bits per heavy atom. The van der Waals surface area contributed by atoms with Crippen molar-refractivity contribution < 1.29 is 14.6 Å². The molecule has 3 aromatic carbocycles. The molecule has 0 bridgehead atoms. The Bertz CT molecular complexity index is 1190. The molecule has 1 aliphatic carbocycles. The van der Waals surface area contributed by atoms with Gasteiger partial charge >= 0.3 is 5.97 Å². The van der Waals surface area contributed by atoms with E-state index in [-0.39, 0.29) is 18.0 Å². The quantitative estimate of drug-likeness (QED) is 0.550. The Morgan fingerprint density at radius 2 is 1.77 bits per heavy atom. The fourth-order valence-corrected chi connectivity index (χ4v) is 5.72. The second kappa shape index (κ2) is 10.1. The number of likely N-dealkylation sites (N-methyl/N-ethyl adjacent to an activating group) is 1. The van der Waals surface area contributed by atoms with Gasteiger partial charge in [-0.3, -0.25) is 0 Å². The van der Waals surface area contributed by atoms with Crippen LogP contribution in [-0.2, 0) is 10.3 Å². The molecule has 1 saturated heterocycles. The number of hydrogen-bond donors (Lipinski definition) is 1. The van der Waals surface area contributed by atoms with E-state index in [0.29, 0.717) is 24.8 Å². The van der Waals surface area contributed by atoms with Crippen LogP contribution in [0.1, 0.15) is 40.7 Å². The van der Waals surface area contributed by atoms with Crippen molar-refractivity contribution in [3.05, 3.63) is 83.4 Å². The molecule has 1 saturated carbocycles. The number of benzene rings is 3. The summed E-state index contributed by atoms with van der Waals surface area (Å²) in [4.78, 5) is 17.7. The van der Waals surface area contributed by atoms with Crippen LogP contribution in [0, 0.1) is 12.8 Å². The molecule has 1 N–H and O–H groups in total. The molecule has 0 aromatic heterocycles. The van der Waals surface area contributed by atoms with Crippen molar-refractivity contribution in [2.75, 3.05) is 39.8 Å². The smallest absolute Gasteiger partial charge is 0.338 e. The minimum atomic E-state index is -0.945. The van der Waals surface area contributed by atoms with Gasteiger partial charge in [0.2, 0.25) is 0 Å². The second-order valence-electron chi connectivity index (χ2n) is 10.5. The summed E-state index contributed by atoms with van der Waals surface area (Å²) in [6, 6.07) is 22.2. The average molecular weight is 473 g/mol. The van der Waals surface area contributed by atoms with E-state index in [2.05, 4.69) is 47.2 Å². The van der Waals surface area contributed by atoms with Crippen LogP contribution in [0.25, 0.3) is 10.8 Å². The van der Waals surface area contributed by atoms with E-state index in [0.717, 1.165) is 49.2 Å². The number of carbonyl (C=O) groups is 1. The molecule has 2 aliphatic rings. The molecule has 0 radical (unpaired) electrons. The standard InChI is InChI=1S/C30H36N2O3/c1-22-6-5-9-25(18-22)29(33)35-28-12-13-30(34,26-11-10-23-7-3-4-8-24(23)19-26)27(20-28)21-32-16-14-31(2)15-17-32/h3-11,18-19,27-28,34H,12-17,20-21H2,1-2H3. The zero-order valence-corrected chi connectivity index (χ0v) is 20.8. The zero-order chi connectivity index (χ0) is 24.4. The number of fused-ring (bicyclic) bond motifs is 1. The number of ether oxygens (including phenoxy) is 1. The first-order chi connectivity index (χ1) is 16.9. The third-order valence-electron chi connectivity index (χ3n) is 7.92. The van der Waals surface area contributed by atoms with Gasteiger partial charge in [-0.1, -0.05) is 54.1 Å². The van der Waals surface area contributed by atoms with Crippen LogP contribution in [-0.4, -0.2) is 66.8 Å². The number of aliphatic hydroxyl groups is 1. The third kappa shape index (κ3) is 5.27. The van der Waals surface area contributed by atoms with E-state index in [1.807, 2.05) is 43.3 Å². The molecule has 3 aromatic rings. The molecule has 1 heterocycles. The molecule has 184 valence electrons. The highest BCUT2D eigenvalue weighted by molar-refractivity contribution is 5.89. The van der Waals surface area contributed by atoms with E-state index in [1.165, 1.54) is 5.39 Å². The Balaban J connectivity index is 1.38. The number of aryl methyl sites for hydroxylation is 1. The van der Waals surface area contributed by atoms with E-state index < -0.39 is 5.60 Å². The topological polar surface area (TPSA) is 53.0 Å². The lowest BCUT2D eigenvalue weighted by molar-refractivity contribution is -0.100. The first-order valence-electron chi connectivity index (χ1n) is 12.8. The molecule has 5 rings (SSSR count). The monoisotopic (exact) mass is 472 g/mol. The molecule has 5 nitrogen and oxygen atoms in total. The van der Waals surface area contributed by atoms with Crippen molar-refractivity contribution in [2.24, 2.45) is 5.92 Å². The van der Waals surface area contributed by atoms with Crippen LogP contribution in [0.4, 0.5) is 0 Å². The summed E-state index contributed by atoms with van der Waals surface area (Å²) < 4.78 is 5.99. The molecule has 35 heavy (non-hydrogen) atoms. The minimum absolute atomic E-state index is 0.0175. The lowest BCUT2D eigenvalue weighted by Gasteiger charge is -2.46. The molecular formula is C30H36N2O3. The SMILES string of the molecule is Cc1cccc(C(=O)OC2CCC(O)(c3ccc4ccccc4c3)C(CN3CCN(C)CC3)C2)c1. The molecular weight excluding hydrogens is 436 g/mol. The molecule has 0 spiro atoms. The number of esters is 1. The highest BCUT2D eigenvalue weighted by Gasteiger charge is 2.45. The van der Waals surface area contributed by atoms with Gasteiger partial charge in [0.25, 0.3) is 0 Å². The Morgan fingerprint density at radius 3 is 2.54 bits per heavy atom. The largest absolute Gasteiger partial charge is 0.459 e. The summed E-state index contributed by atoms with van der Waals surface area (Å²) in [5.74, 6) is -0.288. The van der Waals surface area contributed by atoms with Crippen LogP contribution in [0.2, 0.25) is 0 Å². The Kier molecular flexibility index (Phi) is 6.92. The number of hydrogen-bond acceptors (Lipinski definition) is 5. The normalized spacial score (nSPS) is 26.0. The van der Waals surface area contributed by atoms with Crippen LogP contribution in [0.15, 0.2) is 66.7 Å². The molecule has 0 amide bonds. The number of rotatable bonds is 5. The van der Waals surface area contributed by atoms with E-state index in [1.54, 1.807) is 0 Å². The maximum atomic E-state index is 12.9. The minimum Gasteiger partial charge on any atom is -0.459 e. The second-order valence-corrected chi connectivity index (χ2v) is 10.5. The predicted octanol–water partition coefficient (Wildman–Crippen LogP) is 4.61. The molecule has 2 fully saturated rings. The summed E-state index contributed by atoms with van der Waals surface area (Å²) in [6.45, 7) is 6.84. The van der Waals surface area contributed by atoms with Crippen molar-refractivity contribution in [3.63, 3.8) is 0 Å². The van der Waals surface area contributed by atoms with Crippen molar-refractivity contribution in [1.82, 2.24) is 9.80 Å². The van der Waals surface area contributed by atoms with Gasteiger partial charge in [-0.05, 0) is 67.8 Å². The van der Waals surface area contributed by atoms with Crippen molar-refractivity contribution in [1.29, 1.82) is 0 Å². The molecule has 5 heteroatoms. The van der Waals surface area contributed by atoms with E-state index in [4.69, 9.17) is 4.74 Å². The third-order valence-corrected chi connectivity index (χ3v) is 7.92. The Hall–Kier alpha value is -2.73. The fourth-order valence-electron chi connectivity index (χ4n) is 5.72. The van der Waals surface area contributed by atoms with Crippen LogP contribution < -0.4 is 0 Å². The number of nitrogens with zero attached hydrogens (tertiary/aromatic N) is 2. The highest BCUT2D eigenvalue weighted by atomic mass is 16.5. The lowest BCUT2D eigenvalue weighted by atomic mass is 9.70. The molecule has 3 unspecified atom stereocenters. The first kappa shape index (κ1) is 24.0. The lowest BCUT2D eigenvalue weighted by Crippen LogP contribution is -2.52. The Labute approximate surface area is 208 Å². The fraction of sp³-hybridized carbons (Fsp3) is 0.433. The number of carbonyl (C=O) groups excluding carboxylic acids is 1. The van der Waals surface area contributed by atoms with Crippen molar-refractivity contribution in [2.45, 2.75) is 37.9 Å². The first-order valence-corrected chi connectivity index (χ1v) is 12.8. The molecule has 1 aliphatic heterocycles. The number of piperazine rings is 1. The van der Waals surface area contributed by atoms with Crippen molar-refractivity contribution >= 4 is 16.7 Å². The van der Waals surface area contributed by atoms with Gasteiger partial charge < -0.3 is 19.6 Å². The van der Waals surface area contributed by atoms with Crippen LogP contribution in [0.3, 0.4) is 0 Å². The van der Waals surface area contributed by atoms with Gasteiger partial charge in [-0.25, -0.2) is 4.79 Å². The van der Waals surface area contributed by atoms with Gasteiger partial charge in [0.05, 0.1) is 11.2 Å². The maximum absolute atomic E-state index is 12.9. The maximum Gasteiger partial charge on any atom is 0.338 e. The van der Waals surface area contributed by atoms with E-state index in [9.17, 15) is 9.90 Å². The summed E-state index contributed by atoms with van der Waals surface area (Å²) in [5.41, 5.74) is 1.66. The summed E-state index contributed by atoms with van der Waals surface area (Å²) in [5, 5.41) is 14.5. The predicted molar refractivity (Wildman–Crippen MR) is 140 cm³/mol. The summed E-state index contributed by atoms with van der Waals surface area (Å²) in [6.07, 6.45) is 1.70. The van der Waals surface area contributed by atoms with Crippen LogP contribution >= 0.6 is 0 Å². The highest BCUT2D eigenvalue weighted by Crippen LogP contribution is 2.44. The zero-order valence-electron chi connectivity index (χ0n) is 20.8. The van der Waals surface area contributed by atoms with E-state index >= 15 is 0 Å². The molecule has 3 atom stereocenters. The average Bonchev–Trinajstić information content (AvgIpc) is 2.87. The van der Waals surface area contributed by atoms with Gasteiger partial charge in [0, 0.05) is 38.6 Å². The van der Waals surface area contributed by atoms with Crippen molar-refractivity contribution in [3.8, 4) is 0 Å². The van der Waals surface area contributed by atoms with Gasteiger partial charge in [0.1, 0.15) is 6.10 Å². The van der Waals surface area contributed by atoms with Gasteiger partial charge in [0.15, 0.2) is 0 Å². The van der Waals surface area contributed by atoms with Gasteiger partial charge in [-0.15, -0.1) is 0 Å². The summed E-state index contributed by atoms with van der Waals surface area (Å²) in [7, 11) is 2.16. The van der Waals surface area contributed by atoms with Crippen LogP contribution in [0.5, 0.6) is 0 Å².